The highest BCUT2D eigenvalue weighted by Crippen LogP contribution is 2.20. The third kappa shape index (κ3) is 5.33. The van der Waals surface area contributed by atoms with Crippen molar-refractivity contribution >= 4 is 0 Å². The van der Waals surface area contributed by atoms with Gasteiger partial charge in [0.2, 0.25) is 0 Å². The van der Waals surface area contributed by atoms with Gasteiger partial charge in [-0.3, -0.25) is 0 Å². The Bertz CT molecular complexity index is 410. The van der Waals surface area contributed by atoms with Crippen LogP contribution in [0.3, 0.4) is 0 Å². The molecule has 0 aliphatic carbocycles. The largest absolute Gasteiger partial charge is 0.385 e. The first-order valence-electron chi connectivity index (χ1n) is 7.12. The molecule has 0 heterocycles. The normalized spacial score (nSPS) is 11.9. The summed E-state index contributed by atoms with van der Waals surface area (Å²) in [5, 5.41) is 3.58. The summed E-state index contributed by atoms with van der Waals surface area (Å²) < 4.78 is 5.16. The molecule has 108 valence electrons. The number of hydrogen-bond donors (Lipinski definition) is 1. The molecule has 0 unspecified atom stereocenters. The molecule has 1 N–H and O–H groups in total. The maximum Gasteiger partial charge on any atom is 0.0467 e. The molecular weight excluding hydrogens is 234 g/mol. The first kappa shape index (κ1) is 16.2. The van der Waals surface area contributed by atoms with E-state index < -0.39 is 0 Å². The number of methoxy groups -OCH3 is 1. The minimum Gasteiger partial charge on any atom is -0.385 e. The number of hydrogen-bond acceptors (Lipinski definition) is 2. The van der Waals surface area contributed by atoms with E-state index in [9.17, 15) is 0 Å². The molecular formula is C17H29NO. The minimum absolute atomic E-state index is 0.281. The topological polar surface area (TPSA) is 21.3 Å². The molecule has 0 fully saturated rings. The van der Waals surface area contributed by atoms with Crippen LogP contribution in [-0.2, 0) is 11.3 Å². The van der Waals surface area contributed by atoms with Gasteiger partial charge in [-0.1, -0.05) is 26.0 Å². The second-order valence-corrected chi connectivity index (χ2v) is 6.37. The summed E-state index contributed by atoms with van der Waals surface area (Å²) in [5.41, 5.74) is 5.82. The van der Waals surface area contributed by atoms with Crippen LogP contribution >= 0.6 is 0 Å². The van der Waals surface area contributed by atoms with Gasteiger partial charge in [0.25, 0.3) is 0 Å². The van der Waals surface area contributed by atoms with Crippen molar-refractivity contribution in [1.29, 1.82) is 0 Å². The second kappa shape index (κ2) is 7.06. The fraction of sp³-hybridized carbons (Fsp3) is 0.647. The van der Waals surface area contributed by atoms with Crippen LogP contribution in [0.25, 0.3) is 0 Å². The molecule has 0 bridgehead atoms. The van der Waals surface area contributed by atoms with Crippen LogP contribution in [0.5, 0.6) is 0 Å². The molecule has 1 aromatic carbocycles. The number of nitrogens with one attached hydrogen (secondary N) is 1. The van der Waals surface area contributed by atoms with E-state index in [1.54, 1.807) is 7.11 Å². The summed E-state index contributed by atoms with van der Waals surface area (Å²) in [7, 11) is 1.77. The van der Waals surface area contributed by atoms with Gasteiger partial charge in [0.05, 0.1) is 0 Å². The summed E-state index contributed by atoms with van der Waals surface area (Å²) in [6, 6.07) is 4.59. The van der Waals surface area contributed by atoms with E-state index in [2.05, 4.69) is 52.1 Å². The monoisotopic (exact) mass is 263 g/mol. The quantitative estimate of drug-likeness (QED) is 0.808. The third-order valence-electron chi connectivity index (χ3n) is 3.85. The van der Waals surface area contributed by atoms with E-state index in [1.165, 1.54) is 22.3 Å². The van der Waals surface area contributed by atoms with E-state index in [0.29, 0.717) is 0 Å². The Morgan fingerprint density at radius 1 is 1.05 bits per heavy atom. The molecule has 2 nitrogen and oxygen atoms in total. The summed E-state index contributed by atoms with van der Waals surface area (Å²) >= 11 is 0. The van der Waals surface area contributed by atoms with Crippen LogP contribution in [0.15, 0.2) is 12.1 Å². The lowest BCUT2D eigenvalue weighted by Crippen LogP contribution is -2.30. The van der Waals surface area contributed by atoms with Gasteiger partial charge in [0.15, 0.2) is 0 Å². The Morgan fingerprint density at radius 2 is 1.68 bits per heavy atom. The van der Waals surface area contributed by atoms with Crippen molar-refractivity contribution < 1.29 is 4.74 Å². The molecule has 19 heavy (non-hydrogen) atoms. The van der Waals surface area contributed by atoms with E-state index >= 15 is 0 Å². The van der Waals surface area contributed by atoms with Crippen molar-refractivity contribution in [2.24, 2.45) is 5.41 Å². The molecule has 0 aliphatic rings. The van der Waals surface area contributed by atoms with Gasteiger partial charge >= 0.3 is 0 Å². The highest BCUT2D eigenvalue weighted by molar-refractivity contribution is 5.36. The smallest absolute Gasteiger partial charge is 0.0467 e. The summed E-state index contributed by atoms with van der Waals surface area (Å²) in [5.74, 6) is 0. The molecule has 0 atom stereocenters. The van der Waals surface area contributed by atoms with Crippen molar-refractivity contribution in [3.05, 3.63) is 34.4 Å². The number of aryl methyl sites for hydroxylation is 3. The van der Waals surface area contributed by atoms with Crippen LogP contribution in [0.2, 0.25) is 0 Å². The number of rotatable bonds is 7. The molecule has 1 rings (SSSR count). The first-order valence-corrected chi connectivity index (χ1v) is 7.12. The maximum atomic E-state index is 5.16. The third-order valence-corrected chi connectivity index (χ3v) is 3.85. The van der Waals surface area contributed by atoms with Crippen LogP contribution in [0.1, 0.15) is 42.5 Å². The van der Waals surface area contributed by atoms with Crippen molar-refractivity contribution in [3.8, 4) is 0 Å². The fourth-order valence-corrected chi connectivity index (χ4v) is 2.21. The predicted octanol–water partition coefficient (Wildman–Crippen LogP) is 3.76. The van der Waals surface area contributed by atoms with E-state index in [4.69, 9.17) is 4.74 Å². The summed E-state index contributed by atoms with van der Waals surface area (Å²) in [6.07, 6.45) is 1.09. The van der Waals surface area contributed by atoms with Crippen molar-refractivity contribution in [1.82, 2.24) is 5.32 Å². The number of ether oxygens (including phenoxy) is 1. The highest BCUT2D eigenvalue weighted by Gasteiger charge is 2.16. The fourth-order valence-electron chi connectivity index (χ4n) is 2.21. The lowest BCUT2D eigenvalue weighted by molar-refractivity contribution is 0.150. The first-order chi connectivity index (χ1) is 8.85. The van der Waals surface area contributed by atoms with E-state index in [0.717, 1.165) is 26.1 Å². The Labute approximate surface area is 118 Å². The molecule has 2 heteroatoms. The lowest BCUT2D eigenvalue weighted by atomic mass is 9.89. The van der Waals surface area contributed by atoms with Gasteiger partial charge in [-0.15, -0.1) is 0 Å². The molecule has 0 radical (unpaired) electrons. The molecule has 0 saturated carbocycles. The Morgan fingerprint density at radius 3 is 2.32 bits per heavy atom. The van der Waals surface area contributed by atoms with Crippen molar-refractivity contribution in [3.63, 3.8) is 0 Å². The van der Waals surface area contributed by atoms with E-state index in [1.807, 2.05) is 0 Å². The van der Waals surface area contributed by atoms with Crippen LogP contribution in [0, 0.1) is 26.2 Å². The van der Waals surface area contributed by atoms with Gasteiger partial charge in [-0.2, -0.15) is 0 Å². The SMILES string of the molecule is COCCC(C)(C)CNCc1cc(C)c(C)cc1C. The standard InChI is InChI=1S/C17H29NO/c1-13-9-15(3)16(10-14(13)2)11-18-12-17(4,5)7-8-19-6/h9-10,18H,7-8,11-12H2,1-6H3. The Balaban J connectivity index is 2.51. The van der Waals surface area contributed by atoms with Gasteiger partial charge in [-0.05, 0) is 54.9 Å². The molecule has 0 saturated heterocycles. The van der Waals surface area contributed by atoms with Crippen LogP contribution in [0.4, 0.5) is 0 Å². The van der Waals surface area contributed by atoms with Gasteiger partial charge < -0.3 is 10.1 Å². The molecule has 1 aromatic rings. The molecule has 0 amide bonds. The summed E-state index contributed by atoms with van der Waals surface area (Å²) in [6.45, 7) is 13.9. The highest BCUT2D eigenvalue weighted by atomic mass is 16.5. The molecule has 0 aliphatic heterocycles. The van der Waals surface area contributed by atoms with Crippen LogP contribution in [-0.4, -0.2) is 20.3 Å². The Hall–Kier alpha value is -0.860. The van der Waals surface area contributed by atoms with Crippen molar-refractivity contribution in [2.45, 2.75) is 47.6 Å². The lowest BCUT2D eigenvalue weighted by Gasteiger charge is -2.25. The zero-order chi connectivity index (χ0) is 14.5. The average molecular weight is 263 g/mol. The van der Waals surface area contributed by atoms with Gasteiger partial charge in [0, 0.05) is 26.8 Å². The van der Waals surface area contributed by atoms with E-state index in [-0.39, 0.29) is 5.41 Å². The minimum atomic E-state index is 0.281. The van der Waals surface area contributed by atoms with Gasteiger partial charge in [0.1, 0.15) is 0 Å². The van der Waals surface area contributed by atoms with Crippen molar-refractivity contribution in [2.75, 3.05) is 20.3 Å². The molecule has 0 aromatic heterocycles. The second-order valence-electron chi connectivity index (χ2n) is 6.37. The predicted molar refractivity (Wildman–Crippen MR) is 82.6 cm³/mol. The zero-order valence-electron chi connectivity index (χ0n) is 13.4. The Kier molecular flexibility index (Phi) is 6.02. The average Bonchev–Trinajstić information content (AvgIpc) is 2.33. The van der Waals surface area contributed by atoms with Crippen LogP contribution < -0.4 is 5.32 Å². The number of benzene rings is 1. The maximum absolute atomic E-state index is 5.16. The summed E-state index contributed by atoms with van der Waals surface area (Å²) in [4.78, 5) is 0. The zero-order valence-corrected chi connectivity index (χ0v) is 13.4. The molecule has 0 spiro atoms. The van der Waals surface area contributed by atoms with Gasteiger partial charge in [-0.25, -0.2) is 0 Å².